The summed E-state index contributed by atoms with van der Waals surface area (Å²) >= 11 is 0. The Balaban J connectivity index is 1.74. The first-order valence-corrected chi connectivity index (χ1v) is 9.29. The highest BCUT2D eigenvalue weighted by Gasteiger charge is 2.45. The lowest BCUT2D eigenvalue weighted by atomic mass is 10.1. The van der Waals surface area contributed by atoms with Gasteiger partial charge in [-0.3, -0.25) is 10.1 Å². The largest absolute Gasteiger partial charge is 0.369 e. The van der Waals surface area contributed by atoms with Gasteiger partial charge in [0.1, 0.15) is 15.7 Å². The Morgan fingerprint density at radius 2 is 2.04 bits per heavy atom. The lowest BCUT2D eigenvalue weighted by Gasteiger charge is -2.15. The average molecular weight is 335 g/mol. The van der Waals surface area contributed by atoms with Gasteiger partial charge in [-0.1, -0.05) is 0 Å². The van der Waals surface area contributed by atoms with E-state index < -0.39 is 14.8 Å². The van der Waals surface area contributed by atoms with E-state index in [1.165, 1.54) is 18.4 Å². The molecule has 1 saturated carbocycles. The fourth-order valence-electron chi connectivity index (χ4n) is 2.71. The quantitative estimate of drug-likeness (QED) is 0.642. The Bertz CT molecular complexity index is 875. The van der Waals surface area contributed by atoms with E-state index in [0.717, 1.165) is 12.8 Å². The maximum Gasteiger partial charge on any atom is 0.270 e. The summed E-state index contributed by atoms with van der Waals surface area (Å²) in [6.45, 7) is 0.561. The molecule has 2 aromatic rings. The number of benzene rings is 1. The summed E-state index contributed by atoms with van der Waals surface area (Å²) in [4.78, 5) is 14.8. The molecule has 1 heterocycles. The van der Waals surface area contributed by atoms with Crippen LogP contribution in [0.25, 0.3) is 10.9 Å². The molecule has 0 atom stereocenters. The topological polar surface area (TPSA) is 102 Å². The minimum Gasteiger partial charge on any atom is -0.369 e. The van der Waals surface area contributed by atoms with Crippen molar-refractivity contribution in [3.8, 4) is 0 Å². The van der Waals surface area contributed by atoms with E-state index in [-0.39, 0.29) is 16.9 Å². The van der Waals surface area contributed by atoms with E-state index in [1.54, 1.807) is 18.2 Å². The first-order chi connectivity index (χ1) is 10.8. The van der Waals surface area contributed by atoms with E-state index in [0.29, 0.717) is 23.3 Å². The van der Waals surface area contributed by atoms with Gasteiger partial charge >= 0.3 is 0 Å². The molecular weight excluding hydrogens is 318 g/mol. The number of nitrogens with zero attached hydrogens (tertiary/aromatic N) is 2. The van der Waals surface area contributed by atoms with Crippen molar-refractivity contribution in [1.29, 1.82) is 0 Å². The van der Waals surface area contributed by atoms with Crippen molar-refractivity contribution in [2.24, 2.45) is 5.41 Å². The van der Waals surface area contributed by atoms with Gasteiger partial charge in [-0.05, 0) is 31.0 Å². The van der Waals surface area contributed by atoms with Crippen LogP contribution in [0.5, 0.6) is 0 Å². The summed E-state index contributed by atoms with van der Waals surface area (Å²) in [6, 6.07) is 8.04. The van der Waals surface area contributed by atoms with Gasteiger partial charge in [0.2, 0.25) is 0 Å². The molecule has 1 fully saturated rings. The van der Waals surface area contributed by atoms with Crippen molar-refractivity contribution >= 4 is 32.2 Å². The fraction of sp³-hybridized carbons (Fsp3) is 0.400. The predicted molar refractivity (Wildman–Crippen MR) is 88.3 cm³/mol. The van der Waals surface area contributed by atoms with Crippen LogP contribution in [-0.2, 0) is 9.84 Å². The number of hydrogen-bond acceptors (Lipinski definition) is 6. The number of pyridine rings is 1. The number of non-ortho nitro benzene ring substituents is 1. The highest BCUT2D eigenvalue weighted by Crippen LogP contribution is 2.46. The van der Waals surface area contributed by atoms with Crippen LogP contribution in [0.2, 0.25) is 0 Å². The molecule has 0 amide bonds. The van der Waals surface area contributed by atoms with Crippen molar-refractivity contribution in [2.45, 2.75) is 12.8 Å². The number of nitrogens with one attached hydrogen (secondary N) is 1. The Morgan fingerprint density at radius 1 is 1.30 bits per heavy atom. The second kappa shape index (κ2) is 5.45. The van der Waals surface area contributed by atoms with Gasteiger partial charge in [0.25, 0.3) is 5.69 Å². The van der Waals surface area contributed by atoms with Crippen LogP contribution in [0.1, 0.15) is 12.8 Å². The molecule has 0 aliphatic heterocycles. The van der Waals surface area contributed by atoms with Gasteiger partial charge in [0.05, 0.1) is 16.2 Å². The lowest BCUT2D eigenvalue weighted by molar-refractivity contribution is -0.384. The third kappa shape index (κ3) is 3.76. The molecule has 1 aromatic heterocycles. The first-order valence-electron chi connectivity index (χ1n) is 7.23. The Morgan fingerprint density at radius 3 is 2.65 bits per heavy atom. The number of nitro benzene ring substituents is 1. The second-order valence-corrected chi connectivity index (χ2v) is 8.39. The summed E-state index contributed by atoms with van der Waals surface area (Å²) < 4.78 is 22.9. The van der Waals surface area contributed by atoms with Crippen LogP contribution in [0, 0.1) is 15.5 Å². The van der Waals surface area contributed by atoms with Crippen molar-refractivity contribution in [3.05, 3.63) is 40.4 Å². The van der Waals surface area contributed by atoms with E-state index in [2.05, 4.69) is 10.3 Å². The minimum absolute atomic E-state index is 0.0325. The molecule has 1 N–H and O–H groups in total. The Hall–Kier alpha value is -2.22. The lowest BCUT2D eigenvalue weighted by Crippen LogP contribution is -2.24. The molecule has 7 nitrogen and oxygen atoms in total. The number of anilines is 1. The highest BCUT2D eigenvalue weighted by atomic mass is 32.2. The zero-order valence-electron chi connectivity index (χ0n) is 12.7. The number of aromatic nitrogens is 1. The summed E-state index contributed by atoms with van der Waals surface area (Å²) in [5.74, 6) is 0.832. The van der Waals surface area contributed by atoms with Crippen molar-refractivity contribution in [1.82, 2.24) is 4.98 Å². The van der Waals surface area contributed by atoms with Crippen LogP contribution in [0.15, 0.2) is 30.3 Å². The fourth-order valence-corrected chi connectivity index (χ4v) is 4.21. The van der Waals surface area contributed by atoms with Crippen molar-refractivity contribution in [3.63, 3.8) is 0 Å². The summed E-state index contributed by atoms with van der Waals surface area (Å²) in [7, 11) is -3.00. The number of sulfone groups is 1. The molecule has 0 bridgehead atoms. The zero-order chi connectivity index (χ0) is 16.7. The molecule has 0 spiro atoms. The molecule has 8 heteroatoms. The van der Waals surface area contributed by atoms with Gasteiger partial charge < -0.3 is 5.32 Å². The van der Waals surface area contributed by atoms with Crippen molar-refractivity contribution in [2.75, 3.05) is 23.9 Å². The Labute approximate surface area is 133 Å². The maximum absolute atomic E-state index is 11.5. The second-order valence-electron chi connectivity index (χ2n) is 6.25. The molecule has 1 aromatic carbocycles. The number of hydrogen-bond donors (Lipinski definition) is 1. The van der Waals surface area contributed by atoms with E-state index in [1.807, 2.05) is 0 Å². The number of fused-ring (bicyclic) bond motifs is 1. The standard InChI is InChI=1S/C15H17N3O4S/c1-23(21,22)10-15(6-7-15)9-16-14-5-2-11-8-12(18(19)20)3-4-13(11)17-14/h2-5,8H,6-7,9-10H2,1H3,(H,16,17). The molecular formula is C15H17N3O4S. The smallest absolute Gasteiger partial charge is 0.270 e. The van der Waals surface area contributed by atoms with Crippen LogP contribution in [-0.4, -0.2) is 36.9 Å². The third-order valence-corrected chi connectivity index (χ3v) is 5.19. The molecule has 0 radical (unpaired) electrons. The summed E-state index contributed by atoms with van der Waals surface area (Å²) in [5.41, 5.74) is 0.512. The average Bonchev–Trinajstić information content (AvgIpc) is 3.22. The van der Waals surface area contributed by atoms with E-state index in [4.69, 9.17) is 0 Å². The molecule has 0 unspecified atom stereocenters. The van der Waals surface area contributed by atoms with Gasteiger partial charge in [-0.15, -0.1) is 0 Å². The third-order valence-electron chi connectivity index (χ3n) is 4.05. The monoisotopic (exact) mass is 335 g/mol. The summed E-state index contributed by atoms with van der Waals surface area (Å²) in [5, 5.41) is 14.7. The van der Waals surface area contributed by atoms with Crippen LogP contribution in [0.3, 0.4) is 0 Å². The molecule has 23 heavy (non-hydrogen) atoms. The van der Waals surface area contributed by atoms with Gasteiger partial charge in [0, 0.05) is 35.7 Å². The molecule has 1 aliphatic rings. The Kier molecular flexibility index (Phi) is 3.71. The summed E-state index contributed by atoms with van der Waals surface area (Å²) in [6.07, 6.45) is 3.05. The van der Waals surface area contributed by atoms with Crippen LogP contribution >= 0.6 is 0 Å². The van der Waals surface area contributed by atoms with Gasteiger partial charge in [0.15, 0.2) is 0 Å². The SMILES string of the molecule is CS(=O)(=O)CC1(CNc2ccc3cc([N+](=O)[O-])ccc3n2)CC1. The van der Waals surface area contributed by atoms with Gasteiger partial charge in [-0.2, -0.15) is 0 Å². The van der Waals surface area contributed by atoms with Crippen LogP contribution in [0.4, 0.5) is 11.5 Å². The predicted octanol–water partition coefficient (Wildman–Crippen LogP) is 2.38. The normalized spacial score (nSPS) is 16.2. The van der Waals surface area contributed by atoms with E-state index in [9.17, 15) is 18.5 Å². The number of nitro groups is 1. The number of rotatable bonds is 6. The van der Waals surface area contributed by atoms with E-state index >= 15 is 0 Å². The molecule has 1 aliphatic carbocycles. The highest BCUT2D eigenvalue weighted by molar-refractivity contribution is 7.90. The minimum atomic E-state index is -3.00. The first kappa shape index (κ1) is 15.7. The molecule has 122 valence electrons. The van der Waals surface area contributed by atoms with Gasteiger partial charge in [-0.25, -0.2) is 13.4 Å². The zero-order valence-corrected chi connectivity index (χ0v) is 13.5. The molecule has 0 saturated heterocycles. The maximum atomic E-state index is 11.5. The van der Waals surface area contributed by atoms with Crippen LogP contribution < -0.4 is 5.32 Å². The molecule has 3 rings (SSSR count). The van der Waals surface area contributed by atoms with Crippen molar-refractivity contribution < 1.29 is 13.3 Å².